The van der Waals surface area contributed by atoms with Crippen LogP contribution in [-0.2, 0) is 0 Å². The van der Waals surface area contributed by atoms with Gasteiger partial charge < -0.3 is 10.1 Å². The van der Waals surface area contributed by atoms with Crippen LogP contribution in [0.2, 0.25) is 0 Å². The molecule has 0 unspecified atom stereocenters. The van der Waals surface area contributed by atoms with Gasteiger partial charge in [0.15, 0.2) is 0 Å². The number of nitro groups is 1. The molecule has 5 heteroatoms. The lowest BCUT2D eigenvalue weighted by atomic mass is 10.2. The molecule has 0 radical (unpaired) electrons. The van der Waals surface area contributed by atoms with Crippen LogP contribution < -0.4 is 0 Å². The van der Waals surface area contributed by atoms with Crippen molar-refractivity contribution in [2.75, 3.05) is 0 Å². The van der Waals surface area contributed by atoms with Gasteiger partial charge in [-0.25, -0.2) is 4.98 Å². The van der Waals surface area contributed by atoms with Crippen LogP contribution in [0.25, 0.3) is 10.9 Å². The van der Waals surface area contributed by atoms with Gasteiger partial charge in [-0.05, 0) is 39.6 Å². The number of H-pyrrole nitrogens is 1. The first-order valence-electron chi connectivity index (χ1n) is 3.61. The number of hydrogen-bond donors (Lipinski definition) is 1. The lowest BCUT2D eigenvalue weighted by Gasteiger charge is -1.88. The third kappa shape index (κ3) is 1.28. The van der Waals surface area contributed by atoms with Gasteiger partial charge in [0.25, 0.3) is 0 Å². The summed E-state index contributed by atoms with van der Waals surface area (Å²) in [4.78, 5) is 12.9. The summed E-state index contributed by atoms with van der Waals surface area (Å²) in [7, 11) is 0. The fraction of sp³-hybridized carbons (Fsp3) is 0. The number of para-hydroxylation sites is 1. The monoisotopic (exact) mass is 288 g/mol. The second-order valence-electron chi connectivity index (χ2n) is 2.59. The highest BCUT2D eigenvalue weighted by Crippen LogP contribution is 2.28. The highest BCUT2D eigenvalue weighted by Gasteiger charge is 2.16. The highest BCUT2D eigenvalue weighted by atomic mass is 127. The van der Waals surface area contributed by atoms with Crippen LogP contribution in [0.3, 0.4) is 0 Å². The van der Waals surface area contributed by atoms with E-state index in [-0.39, 0.29) is 5.82 Å². The molecule has 0 aliphatic rings. The van der Waals surface area contributed by atoms with Crippen molar-refractivity contribution < 1.29 is 4.92 Å². The predicted molar refractivity (Wildman–Crippen MR) is 57.7 cm³/mol. The number of benzene rings is 1. The Morgan fingerprint density at radius 1 is 1.38 bits per heavy atom. The summed E-state index contributed by atoms with van der Waals surface area (Å²) >= 11 is 1.98. The van der Waals surface area contributed by atoms with Gasteiger partial charge in [0.05, 0.1) is 0 Å². The molecule has 4 nitrogen and oxygen atoms in total. The van der Waals surface area contributed by atoms with Crippen LogP contribution in [0.1, 0.15) is 0 Å². The second-order valence-corrected chi connectivity index (χ2v) is 3.67. The zero-order valence-electron chi connectivity index (χ0n) is 6.45. The maximum absolute atomic E-state index is 10.6. The first-order valence-corrected chi connectivity index (χ1v) is 4.68. The normalized spacial score (nSPS) is 10.5. The Hall–Kier alpha value is -1.11. The quantitative estimate of drug-likeness (QED) is 0.498. The molecule has 1 aromatic carbocycles. The van der Waals surface area contributed by atoms with Crippen molar-refractivity contribution in [3.8, 4) is 0 Å². The van der Waals surface area contributed by atoms with Crippen molar-refractivity contribution in [2.24, 2.45) is 0 Å². The topological polar surface area (TPSA) is 58.9 Å². The van der Waals surface area contributed by atoms with Crippen molar-refractivity contribution in [2.45, 2.75) is 0 Å². The first kappa shape index (κ1) is 8.49. The standard InChI is InChI=1S/C8H5IN2O2/c9-7-5-3-1-2-4-6(5)10-8(7)11(12)13/h1-4,10H. The van der Waals surface area contributed by atoms with E-state index in [1.807, 2.05) is 46.9 Å². The maximum atomic E-state index is 10.6. The third-order valence-electron chi connectivity index (χ3n) is 1.81. The van der Waals surface area contributed by atoms with E-state index in [1.165, 1.54) is 0 Å². The molecular formula is C8H5IN2O2. The van der Waals surface area contributed by atoms with Gasteiger partial charge in [-0.15, -0.1) is 0 Å². The van der Waals surface area contributed by atoms with Gasteiger partial charge >= 0.3 is 5.82 Å². The molecule has 1 heterocycles. The molecule has 0 saturated carbocycles. The largest absolute Gasteiger partial charge is 0.358 e. The Balaban J connectivity index is 2.81. The number of aromatic nitrogens is 1. The van der Waals surface area contributed by atoms with Crippen molar-refractivity contribution in [3.63, 3.8) is 0 Å². The van der Waals surface area contributed by atoms with Crippen LogP contribution in [-0.4, -0.2) is 9.91 Å². The molecule has 2 aromatic rings. The maximum Gasteiger partial charge on any atom is 0.335 e. The minimum Gasteiger partial charge on any atom is -0.358 e. The number of nitrogens with zero attached hydrogens (tertiary/aromatic N) is 1. The Bertz CT molecular complexity index is 478. The van der Waals surface area contributed by atoms with Gasteiger partial charge in [0, 0.05) is 5.39 Å². The van der Waals surface area contributed by atoms with Gasteiger partial charge in [0.2, 0.25) is 0 Å². The molecule has 1 N–H and O–H groups in total. The molecule has 0 atom stereocenters. The molecule has 0 fully saturated rings. The average molecular weight is 288 g/mol. The number of nitrogens with one attached hydrogen (secondary N) is 1. The van der Waals surface area contributed by atoms with E-state index in [9.17, 15) is 10.1 Å². The lowest BCUT2D eigenvalue weighted by Crippen LogP contribution is -1.88. The first-order chi connectivity index (χ1) is 6.20. The lowest BCUT2D eigenvalue weighted by molar-refractivity contribution is -0.389. The summed E-state index contributed by atoms with van der Waals surface area (Å²) < 4.78 is 0.665. The van der Waals surface area contributed by atoms with Gasteiger partial charge in [0.1, 0.15) is 9.09 Å². The van der Waals surface area contributed by atoms with Crippen molar-refractivity contribution >= 4 is 39.3 Å². The Morgan fingerprint density at radius 2 is 2.08 bits per heavy atom. The molecule has 0 amide bonds. The Labute approximate surface area is 87.2 Å². The molecule has 2 rings (SSSR count). The van der Waals surface area contributed by atoms with E-state index in [2.05, 4.69) is 4.98 Å². The molecule has 66 valence electrons. The summed E-state index contributed by atoms with van der Waals surface area (Å²) in [6.45, 7) is 0. The SMILES string of the molecule is O=[N+]([O-])c1[nH]c2ccccc2c1I. The second kappa shape index (κ2) is 2.99. The van der Waals surface area contributed by atoms with Gasteiger partial charge in [-0.2, -0.15) is 0 Å². The van der Waals surface area contributed by atoms with E-state index >= 15 is 0 Å². The van der Waals surface area contributed by atoms with Crippen LogP contribution in [0, 0.1) is 13.7 Å². The highest BCUT2D eigenvalue weighted by molar-refractivity contribution is 14.1. The molecule has 0 saturated heterocycles. The molecular weight excluding hydrogens is 283 g/mol. The van der Waals surface area contributed by atoms with Crippen molar-refractivity contribution in [3.05, 3.63) is 37.9 Å². The predicted octanol–water partition coefficient (Wildman–Crippen LogP) is 2.68. The smallest absolute Gasteiger partial charge is 0.335 e. The van der Waals surface area contributed by atoms with Crippen LogP contribution in [0.15, 0.2) is 24.3 Å². The number of rotatable bonds is 1. The summed E-state index contributed by atoms with van der Waals surface area (Å²) in [6, 6.07) is 7.39. The summed E-state index contributed by atoms with van der Waals surface area (Å²) in [6.07, 6.45) is 0. The summed E-state index contributed by atoms with van der Waals surface area (Å²) in [5.41, 5.74) is 0.804. The van der Waals surface area contributed by atoms with Crippen molar-refractivity contribution in [1.82, 2.24) is 4.98 Å². The summed E-state index contributed by atoms with van der Waals surface area (Å²) in [5.74, 6) is 0.0711. The Kier molecular flexibility index (Phi) is 1.95. The van der Waals surface area contributed by atoms with E-state index < -0.39 is 4.92 Å². The van der Waals surface area contributed by atoms with Crippen molar-refractivity contribution in [1.29, 1.82) is 0 Å². The van der Waals surface area contributed by atoms with E-state index in [4.69, 9.17) is 0 Å². The number of hydrogen-bond acceptors (Lipinski definition) is 2. The minimum atomic E-state index is -0.401. The average Bonchev–Trinajstić information content (AvgIpc) is 2.45. The van der Waals surface area contributed by atoms with Gasteiger partial charge in [-0.1, -0.05) is 12.1 Å². The Morgan fingerprint density at radius 3 is 2.69 bits per heavy atom. The van der Waals surface area contributed by atoms with Crippen LogP contribution >= 0.6 is 22.6 Å². The number of halogens is 1. The molecule has 0 bridgehead atoms. The number of aromatic amines is 1. The molecule has 13 heavy (non-hydrogen) atoms. The van der Waals surface area contributed by atoms with Crippen LogP contribution in [0.4, 0.5) is 5.82 Å². The fourth-order valence-electron chi connectivity index (χ4n) is 1.22. The molecule has 0 aliphatic heterocycles. The zero-order valence-corrected chi connectivity index (χ0v) is 8.61. The fourth-order valence-corrected chi connectivity index (χ4v) is 2.02. The molecule has 1 aromatic heterocycles. The van der Waals surface area contributed by atoms with E-state index in [0.29, 0.717) is 3.57 Å². The van der Waals surface area contributed by atoms with Crippen LogP contribution in [0.5, 0.6) is 0 Å². The molecule has 0 aliphatic carbocycles. The summed E-state index contributed by atoms with van der Waals surface area (Å²) in [5, 5.41) is 11.5. The minimum absolute atomic E-state index is 0.0711. The molecule has 0 spiro atoms. The van der Waals surface area contributed by atoms with E-state index in [0.717, 1.165) is 10.9 Å². The van der Waals surface area contributed by atoms with E-state index in [1.54, 1.807) is 0 Å². The van der Waals surface area contributed by atoms with Gasteiger partial charge in [-0.3, -0.25) is 0 Å². The zero-order chi connectivity index (χ0) is 9.42. The third-order valence-corrected chi connectivity index (χ3v) is 2.90. The number of fused-ring (bicyclic) bond motifs is 1.